The van der Waals surface area contributed by atoms with Crippen molar-refractivity contribution in [2.75, 3.05) is 22.1 Å². The first-order valence-corrected chi connectivity index (χ1v) is 8.72. The summed E-state index contributed by atoms with van der Waals surface area (Å²) in [6, 6.07) is 10.5. The number of nitrogens with one attached hydrogen (secondary N) is 3. The molecule has 3 N–H and O–H groups in total. The molecule has 3 amide bonds. The average molecular weight is 390 g/mol. The molecule has 2 atom stereocenters. The molecule has 2 aliphatic rings. The molecule has 0 bridgehead atoms. The highest BCUT2D eigenvalue weighted by molar-refractivity contribution is 6.04. The molecule has 6 nitrogen and oxygen atoms in total. The zero-order valence-electron chi connectivity index (χ0n) is 14.6. The van der Waals surface area contributed by atoms with Crippen LogP contribution in [-0.4, -0.2) is 30.6 Å². The molecule has 1 fully saturated rings. The predicted molar refractivity (Wildman–Crippen MR) is 98.2 cm³/mol. The number of para-hydroxylation sites is 2. The second-order valence-corrected chi connectivity index (χ2v) is 6.78. The third kappa shape index (κ3) is 3.47. The van der Waals surface area contributed by atoms with Crippen LogP contribution >= 0.6 is 0 Å². The number of carbonyl (C=O) groups is 2. The van der Waals surface area contributed by atoms with E-state index < -0.39 is 17.8 Å². The Morgan fingerprint density at radius 2 is 1.82 bits per heavy atom. The van der Waals surface area contributed by atoms with E-state index >= 15 is 0 Å². The summed E-state index contributed by atoms with van der Waals surface area (Å²) < 4.78 is 37.8. The molecule has 9 heteroatoms. The molecule has 28 heavy (non-hydrogen) atoms. The number of halogens is 3. The number of hydrogen-bond donors (Lipinski definition) is 3. The maximum Gasteiger partial charge on any atom is 0.416 e. The van der Waals surface area contributed by atoms with Crippen LogP contribution in [0.4, 0.5) is 35.0 Å². The fraction of sp³-hybridized carbons (Fsp3) is 0.263. The second kappa shape index (κ2) is 6.74. The lowest BCUT2D eigenvalue weighted by atomic mass is 10.1. The van der Waals surface area contributed by atoms with Crippen molar-refractivity contribution >= 4 is 29.0 Å². The summed E-state index contributed by atoms with van der Waals surface area (Å²) in [5.74, 6) is -0.119. The molecule has 0 aromatic heterocycles. The summed E-state index contributed by atoms with van der Waals surface area (Å²) in [5, 5.41) is 8.17. The van der Waals surface area contributed by atoms with Crippen LogP contribution in [0.1, 0.15) is 12.0 Å². The first kappa shape index (κ1) is 18.1. The van der Waals surface area contributed by atoms with Crippen LogP contribution in [0.25, 0.3) is 0 Å². The van der Waals surface area contributed by atoms with Crippen molar-refractivity contribution in [3.63, 3.8) is 0 Å². The molecule has 0 aliphatic carbocycles. The number of alkyl halides is 3. The molecule has 4 rings (SSSR count). The van der Waals surface area contributed by atoms with Gasteiger partial charge in [-0.3, -0.25) is 4.79 Å². The van der Waals surface area contributed by atoms with Crippen molar-refractivity contribution in [3.05, 3.63) is 54.1 Å². The standard InChI is InChI=1S/C19H17F3N4O2/c20-19(21,22)11-5-7-12(8-6-11)23-18(28)24-13-9-16-17(27)25-14-3-1-2-4-15(14)26(16)10-13/h1-8,13,16H,9-10H2,(H,25,27)(H2,23,24,28). The Hall–Kier alpha value is -3.23. The fourth-order valence-corrected chi connectivity index (χ4v) is 3.60. The van der Waals surface area contributed by atoms with Crippen molar-refractivity contribution in [2.24, 2.45) is 0 Å². The van der Waals surface area contributed by atoms with Gasteiger partial charge in [-0.15, -0.1) is 0 Å². The van der Waals surface area contributed by atoms with Crippen LogP contribution < -0.4 is 20.9 Å². The van der Waals surface area contributed by atoms with Gasteiger partial charge in [0, 0.05) is 12.2 Å². The molecule has 1 saturated heterocycles. The first-order chi connectivity index (χ1) is 13.3. The molecular weight excluding hydrogens is 373 g/mol. The van der Waals surface area contributed by atoms with E-state index in [4.69, 9.17) is 0 Å². The summed E-state index contributed by atoms with van der Waals surface area (Å²) in [6.07, 6.45) is -3.98. The van der Waals surface area contributed by atoms with Gasteiger partial charge in [-0.25, -0.2) is 4.79 Å². The molecule has 2 aromatic rings. The van der Waals surface area contributed by atoms with E-state index in [-0.39, 0.29) is 23.7 Å². The number of carbonyl (C=O) groups excluding carboxylic acids is 2. The molecule has 0 spiro atoms. The molecule has 2 heterocycles. The van der Waals surface area contributed by atoms with Crippen LogP contribution in [0.2, 0.25) is 0 Å². The first-order valence-electron chi connectivity index (χ1n) is 8.72. The summed E-state index contributed by atoms with van der Waals surface area (Å²) >= 11 is 0. The number of fused-ring (bicyclic) bond motifs is 3. The SMILES string of the molecule is O=C(Nc1ccc(C(F)(F)F)cc1)NC1CC2C(=O)Nc3ccccc3N2C1. The van der Waals surface area contributed by atoms with E-state index in [9.17, 15) is 22.8 Å². The second-order valence-electron chi connectivity index (χ2n) is 6.78. The summed E-state index contributed by atoms with van der Waals surface area (Å²) in [6.45, 7) is 0.468. The maximum atomic E-state index is 12.6. The number of hydrogen-bond acceptors (Lipinski definition) is 3. The smallest absolute Gasteiger partial charge is 0.356 e. The molecule has 0 radical (unpaired) electrons. The zero-order chi connectivity index (χ0) is 19.9. The van der Waals surface area contributed by atoms with E-state index in [1.165, 1.54) is 12.1 Å². The number of urea groups is 1. The lowest BCUT2D eigenvalue weighted by Gasteiger charge is -2.32. The normalized spacial score (nSPS) is 20.8. The minimum Gasteiger partial charge on any atom is -0.356 e. The van der Waals surface area contributed by atoms with Crippen LogP contribution in [0.3, 0.4) is 0 Å². The average Bonchev–Trinajstić information content (AvgIpc) is 3.06. The highest BCUT2D eigenvalue weighted by atomic mass is 19.4. The zero-order valence-corrected chi connectivity index (χ0v) is 14.6. The molecular formula is C19H17F3N4O2. The van der Waals surface area contributed by atoms with Crippen molar-refractivity contribution < 1.29 is 22.8 Å². The molecule has 2 aromatic carbocycles. The van der Waals surface area contributed by atoms with Crippen LogP contribution in [-0.2, 0) is 11.0 Å². The van der Waals surface area contributed by atoms with Crippen LogP contribution in [0, 0.1) is 0 Å². The largest absolute Gasteiger partial charge is 0.416 e. The van der Waals surface area contributed by atoms with E-state index in [1.54, 1.807) is 0 Å². The van der Waals surface area contributed by atoms with Gasteiger partial charge < -0.3 is 20.9 Å². The van der Waals surface area contributed by atoms with Gasteiger partial charge in [0.1, 0.15) is 6.04 Å². The van der Waals surface area contributed by atoms with Crippen molar-refractivity contribution in [1.82, 2.24) is 5.32 Å². The van der Waals surface area contributed by atoms with E-state index in [0.717, 1.165) is 23.5 Å². The highest BCUT2D eigenvalue weighted by Gasteiger charge is 2.41. The van der Waals surface area contributed by atoms with Gasteiger partial charge >= 0.3 is 12.2 Å². The summed E-state index contributed by atoms with van der Waals surface area (Å²) in [7, 11) is 0. The number of benzene rings is 2. The number of nitrogens with zero attached hydrogens (tertiary/aromatic N) is 1. The Kier molecular flexibility index (Phi) is 4.37. The molecule has 2 unspecified atom stereocenters. The molecule has 146 valence electrons. The van der Waals surface area contributed by atoms with Gasteiger partial charge in [0.15, 0.2) is 0 Å². The lowest BCUT2D eigenvalue weighted by Crippen LogP contribution is -2.44. The van der Waals surface area contributed by atoms with E-state index in [0.29, 0.717) is 13.0 Å². The van der Waals surface area contributed by atoms with Crippen molar-refractivity contribution in [1.29, 1.82) is 0 Å². The summed E-state index contributed by atoms with van der Waals surface area (Å²) in [5.41, 5.74) is 1.11. The number of rotatable bonds is 2. The van der Waals surface area contributed by atoms with Gasteiger partial charge in [-0.2, -0.15) is 13.2 Å². The third-order valence-corrected chi connectivity index (χ3v) is 4.88. The number of anilines is 3. The molecule has 2 aliphatic heterocycles. The van der Waals surface area contributed by atoms with Crippen LogP contribution in [0.15, 0.2) is 48.5 Å². The number of amides is 3. The Bertz CT molecular complexity index is 914. The monoisotopic (exact) mass is 390 g/mol. The highest BCUT2D eigenvalue weighted by Crippen LogP contribution is 2.36. The third-order valence-electron chi connectivity index (χ3n) is 4.88. The van der Waals surface area contributed by atoms with E-state index in [1.807, 2.05) is 29.2 Å². The van der Waals surface area contributed by atoms with Gasteiger partial charge in [0.05, 0.1) is 23.0 Å². The van der Waals surface area contributed by atoms with Crippen molar-refractivity contribution in [2.45, 2.75) is 24.7 Å². The van der Waals surface area contributed by atoms with Crippen molar-refractivity contribution in [3.8, 4) is 0 Å². The Labute approximate surface area is 158 Å². The minimum absolute atomic E-state index is 0.119. The fourth-order valence-electron chi connectivity index (χ4n) is 3.60. The van der Waals surface area contributed by atoms with Crippen LogP contribution in [0.5, 0.6) is 0 Å². The Morgan fingerprint density at radius 3 is 2.54 bits per heavy atom. The predicted octanol–water partition coefficient (Wildman–Crippen LogP) is 3.43. The van der Waals surface area contributed by atoms with Gasteiger partial charge in [-0.05, 0) is 42.8 Å². The Morgan fingerprint density at radius 1 is 1.11 bits per heavy atom. The summed E-state index contributed by atoms with van der Waals surface area (Å²) in [4.78, 5) is 26.5. The van der Waals surface area contributed by atoms with E-state index in [2.05, 4.69) is 16.0 Å². The quantitative estimate of drug-likeness (QED) is 0.736. The Balaban J connectivity index is 1.39. The lowest BCUT2D eigenvalue weighted by molar-refractivity contribution is -0.137. The maximum absolute atomic E-state index is 12.6. The van der Waals surface area contributed by atoms with Gasteiger partial charge in [0.25, 0.3) is 0 Å². The van der Waals surface area contributed by atoms with Gasteiger partial charge in [-0.1, -0.05) is 12.1 Å². The minimum atomic E-state index is -4.42. The van der Waals surface area contributed by atoms with Gasteiger partial charge in [0.2, 0.25) is 5.91 Å². The topological polar surface area (TPSA) is 73.5 Å². The molecule has 0 saturated carbocycles.